The van der Waals surface area contributed by atoms with Gasteiger partial charge in [0.15, 0.2) is 0 Å². The second-order valence-corrected chi connectivity index (χ2v) is 4.97. The highest BCUT2D eigenvalue weighted by atomic mass is 19.4. The highest BCUT2D eigenvalue weighted by Crippen LogP contribution is 2.28. The highest BCUT2D eigenvalue weighted by molar-refractivity contribution is 5.94. The molecule has 0 spiro atoms. The average Bonchev–Trinajstić information content (AvgIpc) is 2.44. The summed E-state index contributed by atoms with van der Waals surface area (Å²) in [6.45, 7) is 0.561. The third kappa shape index (κ3) is 3.85. The van der Waals surface area contributed by atoms with E-state index in [9.17, 15) is 13.2 Å². The van der Waals surface area contributed by atoms with Crippen molar-refractivity contribution in [2.45, 2.75) is 19.1 Å². The zero-order chi connectivity index (χ0) is 15.5. The standard InChI is InChI=1S/C15H18F3N3/c1-19-9-11-10-20-14(13-6-4-3-5-12(11)13)21(2)8-7-15(16,17)18/h3-6,10,19H,7-9H2,1-2H3. The molecular weight excluding hydrogens is 279 g/mol. The molecule has 6 heteroatoms. The van der Waals surface area contributed by atoms with Gasteiger partial charge in [-0.1, -0.05) is 24.3 Å². The van der Waals surface area contributed by atoms with Crippen LogP contribution in [0.1, 0.15) is 12.0 Å². The van der Waals surface area contributed by atoms with Crippen LogP contribution in [0.5, 0.6) is 0 Å². The molecule has 0 radical (unpaired) electrons. The minimum absolute atomic E-state index is 0.105. The molecule has 1 aromatic carbocycles. The van der Waals surface area contributed by atoms with Gasteiger partial charge < -0.3 is 10.2 Å². The van der Waals surface area contributed by atoms with E-state index >= 15 is 0 Å². The summed E-state index contributed by atoms with van der Waals surface area (Å²) in [4.78, 5) is 5.90. The molecule has 0 aliphatic rings. The number of nitrogens with zero attached hydrogens (tertiary/aromatic N) is 2. The third-order valence-corrected chi connectivity index (χ3v) is 3.32. The van der Waals surface area contributed by atoms with Gasteiger partial charge in [-0.25, -0.2) is 4.98 Å². The summed E-state index contributed by atoms with van der Waals surface area (Å²) < 4.78 is 37.1. The zero-order valence-electron chi connectivity index (χ0n) is 12.0. The summed E-state index contributed by atoms with van der Waals surface area (Å²) in [7, 11) is 3.48. The Balaban J connectivity index is 2.34. The first kappa shape index (κ1) is 15.6. The normalized spacial score (nSPS) is 11.9. The lowest BCUT2D eigenvalue weighted by molar-refractivity contribution is -0.132. The smallest absolute Gasteiger partial charge is 0.359 e. The molecule has 0 saturated carbocycles. The number of alkyl halides is 3. The number of aromatic nitrogens is 1. The molecule has 1 heterocycles. The van der Waals surface area contributed by atoms with Gasteiger partial charge in [0, 0.05) is 31.7 Å². The van der Waals surface area contributed by atoms with E-state index in [4.69, 9.17) is 0 Å². The van der Waals surface area contributed by atoms with Gasteiger partial charge in [0.2, 0.25) is 0 Å². The van der Waals surface area contributed by atoms with Crippen molar-refractivity contribution in [1.29, 1.82) is 0 Å². The lowest BCUT2D eigenvalue weighted by atomic mass is 10.1. The summed E-state index contributed by atoms with van der Waals surface area (Å²) in [6.07, 6.45) is -3.29. The second-order valence-electron chi connectivity index (χ2n) is 4.97. The van der Waals surface area contributed by atoms with Gasteiger partial charge in [-0.15, -0.1) is 0 Å². The maximum atomic E-state index is 12.4. The molecule has 114 valence electrons. The van der Waals surface area contributed by atoms with Gasteiger partial charge in [-0.3, -0.25) is 0 Å². The lowest BCUT2D eigenvalue weighted by Gasteiger charge is -2.21. The molecule has 2 rings (SSSR count). The van der Waals surface area contributed by atoms with Gasteiger partial charge >= 0.3 is 6.18 Å². The van der Waals surface area contributed by atoms with Gasteiger partial charge in [0.25, 0.3) is 0 Å². The van der Waals surface area contributed by atoms with Crippen LogP contribution in [0.3, 0.4) is 0 Å². The molecule has 3 nitrogen and oxygen atoms in total. The maximum Gasteiger partial charge on any atom is 0.390 e. The van der Waals surface area contributed by atoms with Crippen LogP contribution in [0.2, 0.25) is 0 Å². The molecule has 1 aromatic heterocycles. The summed E-state index contributed by atoms with van der Waals surface area (Å²) >= 11 is 0. The van der Waals surface area contributed by atoms with Crippen molar-refractivity contribution in [2.75, 3.05) is 25.5 Å². The number of pyridine rings is 1. The van der Waals surface area contributed by atoms with Crippen LogP contribution < -0.4 is 10.2 Å². The van der Waals surface area contributed by atoms with E-state index in [1.165, 1.54) is 0 Å². The number of hydrogen-bond acceptors (Lipinski definition) is 3. The van der Waals surface area contributed by atoms with Crippen LogP contribution in [0.15, 0.2) is 30.5 Å². The third-order valence-electron chi connectivity index (χ3n) is 3.32. The highest BCUT2D eigenvalue weighted by Gasteiger charge is 2.27. The van der Waals surface area contributed by atoms with E-state index in [1.54, 1.807) is 18.1 Å². The molecule has 0 saturated heterocycles. The quantitative estimate of drug-likeness (QED) is 0.917. The first-order chi connectivity index (χ1) is 9.92. The van der Waals surface area contributed by atoms with Crippen LogP contribution in [-0.2, 0) is 6.54 Å². The predicted octanol–water partition coefficient (Wildman–Crippen LogP) is 3.34. The average molecular weight is 297 g/mol. The van der Waals surface area contributed by atoms with Gasteiger partial charge in [0.05, 0.1) is 6.42 Å². The van der Waals surface area contributed by atoms with E-state index < -0.39 is 12.6 Å². The molecule has 0 fully saturated rings. The topological polar surface area (TPSA) is 28.2 Å². The fourth-order valence-electron chi connectivity index (χ4n) is 2.27. The molecule has 0 aliphatic heterocycles. The lowest BCUT2D eigenvalue weighted by Crippen LogP contribution is -2.25. The molecule has 0 atom stereocenters. The summed E-state index contributed by atoms with van der Waals surface area (Å²) in [5.74, 6) is 0.578. The number of nitrogens with one attached hydrogen (secondary N) is 1. The fraction of sp³-hybridized carbons (Fsp3) is 0.400. The minimum Gasteiger partial charge on any atom is -0.359 e. The monoisotopic (exact) mass is 297 g/mol. The summed E-state index contributed by atoms with van der Waals surface area (Å²) in [5.41, 5.74) is 1.03. The van der Waals surface area contributed by atoms with Crippen molar-refractivity contribution in [1.82, 2.24) is 10.3 Å². The van der Waals surface area contributed by atoms with Crippen molar-refractivity contribution >= 4 is 16.6 Å². The Morgan fingerprint density at radius 3 is 2.48 bits per heavy atom. The van der Waals surface area contributed by atoms with Gasteiger partial charge in [0.1, 0.15) is 5.82 Å². The Morgan fingerprint density at radius 2 is 1.86 bits per heavy atom. The number of rotatable bonds is 5. The van der Waals surface area contributed by atoms with Crippen LogP contribution in [0, 0.1) is 0 Å². The van der Waals surface area contributed by atoms with Crippen molar-refractivity contribution in [2.24, 2.45) is 0 Å². The molecule has 1 N–H and O–H groups in total. The number of benzene rings is 1. The number of hydrogen-bond donors (Lipinski definition) is 1. The Kier molecular flexibility index (Phi) is 4.67. The van der Waals surface area contributed by atoms with Gasteiger partial charge in [-0.05, 0) is 18.0 Å². The van der Waals surface area contributed by atoms with Gasteiger partial charge in [-0.2, -0.15) is 13.2 Å². The molecule has 0 unspecified atom stereocenters. The molecule has 0 bridgehead atoms. The minimum atomic E-state index is -4.16. The second kappa shape index (κ2) is 6.30. The molecule has 0 aliphatic carbocycles. The largest absolute Gasteiger partial charge is 0.390 e. The molecular formula is C15H18F3N3. The Labute approximate surface area is 121 Å². The van der Waals surface area contributed by atoms with Crippen molar-refractivity contribution in [3.05, 3.63) is 36.0 Å². The first-order valence-corrected chi connectivity index (χ1v) is 6.71. The SMILES string of the molecule is CNCc1cnc(N(C)CCC(F)(F)F)c2ccccc12. The Bertz CT molecular complexity index is 611. The maximum absolute atomic E-state index is 12.4. The molecule has 0 amide bonds. The van der Waals surface area contributed by atoms with E-state index in [-0.39, 0.29) is 6.54 Å². The first-order valence-electron chi connectivity index (χ1n) is 6.71. The predicted molar refractivity (Wildman–Crippen MR) is 78.4 cm³/mol. The van der Waals surface area contributed by atoms with Crippen LogP contribution in [0.4, 0.5) is 19.0 Å². The zero-order valence-corrected chi connectivity index (χ0v) is 12.0. The van der Waals surface area contributed by atoms with E-state index in [1.807, 2.05) is 31.3 Å². The van der Waals surface area contributed by atoms with E-state index in [0.717, 1.165) is 16.3 Å². The van der Waals surface area contributed by atoms with E-state index in [2.05, 4.69) is 10.3 Å². The fourth-order valence-corrected chi connectivity index (χ4v) is 2.27. The van der Waals surface area contributed by atoms with Crippen LogP contribution in [0.25, 0.3) is 10.8 Å². The number of anilines is 1. The summed E-state index contributed by atoms with van der Waals surface area (Å²) in [5, 5.41) is 4.95. The number of fused-ring (bicyclic) bond motifs is 1. The van der Waals surface area contributed by atoms with Crippen molar-refractivity contribution < 1.29 is 13.2 Å². The van der Waals surface area contributed by atoms with Crippen LogP contribution in [-0.4, -0.2) is 31.8 Å². The number of halogens is 3. The van der Waals surface area contributed by atoms with Crippen molar-refractivity contribution in [3.63, 3.8) is 0 Å². The summed E-state index contributed by atoms with van der Waals surface area (Å²) in [6, 6.07) is 7.64. The van der Waals surface area contributed by atoms with E-state index in [0.29, 0.717) is 12.4 Å². The van der Waals surface area contributed by atoms with Crippen molar-refractivity contribution in [3.8, 4) is 0 Å². The molecule has 21 heavy (non-hydrogen) atoms. The Hall–Kier alpha value is -1.82. The van der Waals surface area contributed by atoms with Crippen LogP contribution >= 0.6 is 0 Å². The Morgan fingerprint density at radius 1 is 1.19 bits per heavy atom. The molecule has 2 aromatic rings.